The van der Waals surface area contributed by atoms with Gasteiger partial charge in [-0.05, 0) is 43.7 Å². The molecule has 2 aromatic carbocycles. The van der Waals surface area contributed by atoms with Gasteiger partial charge < -0.3 is 24.3 Å². The van der Waals surface area contributed by atoms with E-state index in [1.54, 1.807) is 6.07 Å². The molecule has 7 heteroatoms. The van der Waals surface area contributed by atoms with E-state index in [2.05, 4.69) is 5.32 Å². The molecule has 1 heterocycles. The summed E-state index contributed by atoms with van der Waals surface area (Å²) in [7, 11) is 1.47. The number of esters is 1. The Morgan fingerprint density at radius 1 is 1.15 bits per heavy atom. The van der Waals surface area contributed by atoms with Crippen molar-refractivity contribution in [1.29, 1.82) is 0 Å². The molecular formula is C20H21NO6. The lowest BCUT2D eigenvalue weighted by Gasteiger charge is -2.21. The summed E-state index contributed by atoms with van der Waals surface area (Å²) in [4.78, 5) is 24.8. The molecule has 2 aromatic rings. The largest absolute Gasteiger partial charge is 0.493 e. The summed E-state index contributed by atoms with van der Waals surface area (Å²) in [5.41, 5.74) is 1.87. The fourth-order valence-electron chi connectivity index (χ4n) is 2.64. The molecule has 7 nitrogen and oxygen atoms in total. The summed E-state index contributed by atoms with van der Waals surface area (Å²) < 4.78 is 21.6. The van der Waals surface area contributed by atoms with Gasteiger partial charge in [0.05, 0.1) is 12.7 Å². The van der Waals surface area contributed by atoms with E-state index in [0.717, 1.165) is 5.56 Å². The number of hydrogen-bond acceptors (Lipinski definition) is 6. The van der Waals surface area contributed by atoms with Crippen molar-refractivity contribution in [2.45, 2.75) is 20.0 Å². The molecule has 1 aliphatic heterocycles. The van der Waals surface area contributed by atoms with E-state index >= 15 is 0 Å². The zero-order chi connectivity index (χ0) is 19.4. The molecule has 0 radical (unpaired) electrons. The lowest BCUT2D eigenvalue weighted by atomic mass is 10.1. The van der Waals surface area contributed by atoms with E-state index < -0.39 is 18.0 Å². The third-order valence-electron chi connectivity index (χ3n) is 4.00. The van der Waals surface area contributed by atoms with Crippen LogP contribution in [0.1, 0.15) is 22.8 Å². The maximum atomic E-state index is 12.5. The van der Waals surface area contributed by atoms with E-state index in [1.165, 1.54) is 26.2 Å². The van der Waals surface area contributed by atoms with Crippen molar-refractivity contribution in [3.05, 3.63) is 47.5 Å². The van der Waals surface area contributed by atoms with Crippen LogP contribution in [0.3, 0.4) is 0 Å². The van der Waals surface area contributed by atoms with Crippen molar-refractivity contribution in [2.75, 3.05) is 25.6 Å². The molecule has 0 aromatic heterocycles. The Balaban J connectivity index is 1.70. The number of carbonyl (C=O) groups excluding carboxylic acids is 2. The number of hydrogen-bond donors (Lipinski definition) is 1. The SMILES string of the molecule is COc1cc(C(=O)O[C@H](C)C(=O)Nc2cccc(C)c2)cc2c1OCCO2. The molecule has 0 saturated carbocycles. The summed E-state index contributed by atoms with van der Waals surface area (Å²) in [6, 6.07) is 10.4. The third-order valence-corrected chi connectivity index (χ3v) is 4.00. The predicted octanol–water partition coefficient (Wildman–Crippen LogP) is 2.96. The summed E-state index contributed by atoms with van der Waals surface area (Å²) in [6.45, 7) is 4.22. The number of anilines is 1. The molecule has 27 heavy (non-hydrogen) atoms. The summed E-state index contributed by atoms with van der Waals surface area (Å²) in [5.74, 6) is 0.154. The number of carbonyl (C=O) groups is 2. The van der Waals surface area contributed by atoms with E-state index in [1.807, 2.05) is 25.1 Å². The Labute approximate surface area is 157 Å². The van der Waals surface area contributed by atoms with Gasteiger partial charge in [-0.15, -0.1) is 0 Å². The molecule has 142 valence electrons. The molecule has 0 unspecified atom stereocenters. The van der Waals surface area contributed by atoms with Gasteiger partial charge in [-0.1, -0.05) is 12.1 Å². The lowest BCUT2D eigenvalue weighted by Crippen LogP contribution is -2.30. The Kier molecular flexibility index (Phi) is 5.49. The maximum absolute atomic E-state index is 12.5. The van der Waals surface area contributed by atoms with Crippen molar-refractivity contribution in [3.63, 3.8) is 0 Å². The molecule has 1 N–H and O–H groups in total. The molecule has 1 aliphatic rings. The molecule has 0 spiro atoms. The highest BCUT2D eigenvalue weighted by atomic mass is 16.6. The van der Waals surface area contributed by atoms with Crippen LogP contribution in [0.4, 0.5) is 5.69 Å². The van der Waals surface area contributed by atoms with E-state index in [0.29, 0.717) is 36.1 Å². The second-order valence-corrected chi connectivity index (χ2v) is 6.11. The van der Waals surface area contributed by atoms with Gasteiger partial charge in [0.25, 0.3) is 5.91 Å². The van der Waals surface area contributed by atoms with Gasteiger partial charge in [-0.2, -0.15) is 0 Å². The van der Waals surface area contributed by atoms with Gasteiger partial charge in [0.1, 0.15) is 13.2 Å². The van der Waals surface area contributed by atoms with Gasteiger partial charge >= 0.3 is 5.97 Å². The van der Waals surface area contributed by atoms with E-state index in [-0.39, 0.29) is 5.56 Å². The number of fused-ring (bicyclic) bond motifs is 1. The van der Waals surface area contributed by atoms with Crippen molar-refractivity contribution < 1.29 is 28.5 Å². The van der Waals surface area contributed by atoms with Crippen LogP contribution in [0.5, 0.6) is 17.2 Å². The fourth-order valence-corrected chi connectivity index (χ4v) is 2.64. The number of ether oxygens (including phenoxy) is 4. The first-order valence-electron chi connectivity index (χ1n) is 8.54. The molecule has 0 bridgehead atoms. The number of amides is 1. The standard InChI is InChI=1S/C20H21NO6/c1-12-5-4-6-15(9-12)21-19(22)13(2)27-20(23)14-10-16(24-3)18-17(11-14)25-7-8-26-18/h4-6,9-11,13H,7-8H2,1-3H3,(H,21,22)/t13-/m1/s1. The smallest absolute Gasteiger partial charge is 0.339 e. The number of benzene rings is 2. The minimum Gasteiger partial charge on any atom is -0.493 e. The van der Waals surface area contributed by atoms with Crippen LogP contribution in [0.25, 0.3) is 0 Å². The number of nitrogens with one attached hydrogen (secondary N) is 1. The van der Waals surface area contributed by atoms with Crippen LogP contribution in [-0.4, -0.2) is 38.3 Å². The molecular weight excluding hydrogens is 350 g/mol. The summed E-state index contributed by atoms with van der Waals surface area (Å²) in [6.07, 6.45) is -0.975. The Morgan fingerprint density at radius 2 is 1.93 bits per heavy atom. The number of rotatable bonds is 5. The predicted molar refractivity (Wildman–Crippen MR) is 98.7 cm³/mol. The third kappa shape index (κ3) is 4.31. The number of methoxy groups -OCH3 is 1. The molecule has 0 aliphatic carbocycles. The minimum atomic E-state index is -0.975. The zero-order valence-electron chi connectivity index (χ0n) is 15.4. The van der Waals surface area contributed by atoms with Gasteiger partial charge in [0, 0.05) is 5.69 Å². The quantitative estimate of drug-likeness (QED) is 0.814. The van der Waals surface area contributed by atoms with Crippen LogP contribution in [0, 0.1) is 6.92 Å². The normalized spacial score (nSPS) is 13.4. The molecule has 1 amide bonds. The maximum Gasteiger partial charge on any atom is 0.339 e. The Bertz CT molecular complexity index is 846. The summed E-state index contributed by atoms with van der Waals surface area (Å²) in [5, 5.41) is 2.73. The van der Waals surface area contributed by atoms with Gasteiger partial charge in [-0.3, -0.25) is 4.79 Å². The van der Waals surface area contributed by atoms with Crippen LogP contribution in [0.15, 0.2) is 36.4 Å². The monoisotopic (exact) mass is 371 g/mol. The molecule has 0 fully saturated rings. The Hall–Kier alpha value is -3.22. The highest BCUT2D eigenvalue weighted by Gasteiger charge is 2.24. The number of aryl methyl sites for hydroxylation is 1. The average molecular weight is 371 g/mol. The first-order valence-corrected chi connectivity index (χ1v) is 8.54. The van der Waals surface area contributed by atoms with Gasteiger partial charge in [0.2, 0.25) is 5.75 Å². The van der Waals surface area contributed by atoms with E-state index in [4.69, 9.17) is 18.9 Å². The van der Waals surface area contributed by atoms with Crippen LogP contribution in [-0.2, 0) is 9.53 Å². The molecule has 3 rings (SSSR count). The minimum absolute atomic E-state index is 0.214. The van der Waals surface area contributed by atoms with Crippen molar-refractivity contribution in [1.82, 2.24) is 0 Å². The second-order valence-electron chi connectivity index (χ2n) is 6.11. The van der Waals surface area contributed by atoms with Crippen LogP contribution in [0.2, 0.25) is 0 Å². The topological polar surface area (TPSA) is 83.1 Å². The Morgan fingerprint density at radius 3 is 2.67 bits per heavy atom. The second kappa shape index (κ2) is 7.99. The van der Waals surface area contributed by atoms with Gasteiger partial charge in [0.15, 0.2) is 17.6 Å². The highest BCUT2D eigenvalue weighted by Crippen LogP contribution is 2.40. The summed E-state index contributed by atoms with van der Waals surface area (Å²) >= 11 is 0. The highest BCUT2D eigenvalue weighted by molar-refractivity contribution is 5.97. The van der Waals surface area contributed by atoms with Gasteiger partial charge in [-0.25, -0.2) is 4.79 Å². The zero-order valence-corrected chi connectivity index (χ0v) is 15.4. The first-order chi connectivity index (χ1) is 13.0. The van der Waals surface area contributed by atoms with Crippen molar-refractivity contribution >= 4 is 17.6 Å². The first kappa shape index (κ1) is 18.6. The lowest BCUT2D eigenvalue weighted by molar-refractivity contribution is -0.123. The molecule has 0 saturated heterocycles. The van der Waals surface area contributed by atoms with E-state index in [9.17, 15) is 9.59 Å². The van der Waals surface area contributed by atoms with Crippen LogP contribution < -0.4 is 19.5 Å². The van der Waals surface area contributed by atoms with Crippen molar-refractivity contribution in [2.24, 2.45) is 0 Å². The van der Waals surface area contributed by atoms with Crippen molar-refractivity contribution in [3.8, 4) is 17.2 Å². The average Bonchev–Trinajstić information content (AvgIpc) is 2.66. The van der Waals surface area contributed by atoms with Crippen LogP contribution >= 0.6 is 0 Å². The fraction of sp³-hybridized carbons (Fsp3) is 0.300. The molecule has 1 atom stereocenters.